The minimum atomic E-state index is -5.07. The van der Waals surface area contributed by atoms with E-state index < -0.39 is 35.3 Å². The van der Waals surface area contributed by atoms with E-state index in [0.29, 0.717) is 25.3 Å². The van der Waals surface area contributed by atoms with Gasteiger partial charge in [-0.05, 0) is 43.7 Å². The number of unbranched alkanes of at least 4 members (excludes halogenated alkanes) is 2. The molecule has 1 heterocycles. The number of rotatable bonds is 9. The van der Waals surface area contributed by atoms with Crippen molar-refractivity contribution in [3.63, 3.8) is 0 Å². The van der Waals surface area contributed by atoms with Crippen LogP contribution in [0.3, 0.4) is 0 Å². The van der Waals surface area contributed by atoms with E-state index in [9.17, 15) is 26.3 Å². The van der Waals surface area contributed by atoms with E-state index in [4.69, 9.17) is 9.47 Å². The van der Waals surface area contributed by atoms with Crippen LogP contribution in [0.5, 0.6) is 0 Å². The summed E-state index contributed by atoms with van der Waals surface area (Å²) in [5.41, 5.74) is -3.33. The minimum absolute atomic E-state index is 0.0262. The lowest BCUT2D eigenvalue weighted by atomic mass is 9.97. The van der Waals surface area contributed by atoms with Gasteiger partial charge in [-0.3, -0.25) is 0 Å². The molecule has 166 valence electrons. The maximum Gasteiger partial charge on any atom is 0.419 e. The van der Waals surface area contributed by atoms with E-state index in [1.807, 2.05) is 13.8 Å². The third-order valence-corrected chi connectivity index (χ3v) is 5.13. The second-order valence-electron chi connectivity index (χ2n) is 7.49. The molecule has 2 nitrogen and oxygen atoms in total. The normalized spacial score (nSPS) is 20.8. The summed E-state index contributed by atoms with van der Waals surface area (Å²) in [7, 11) is 0. The highest BCUT2D eigenvalue weighted by atomic mass is 19.4. The van der Waals surface area contributed by atoms with Crippen LogP contribution in [0.25, 0.3) is 0 Å². The zero-order chi connectivity index (χ0) is 21.7. The van der Waals surface area contributed by atoms with Gasteiger partial charge in [0, 0.05) is 0 Å². The second kappa shape index (κ2) is 10.2. The first kappa shape index (κ1) is 24.0. The van der Waals surface area contributed by atoms with Crippen LogP contribution in [0.4, 0.5) is 26.3 Å². The average Bonchev–Trinajstić information content (AvgIpc) is 2.62. The first-order chi connectivity index (χ1) is 13.6. The Labute approximate surface area is 167 Å². The van der Waals surface area contributed by atoms with Crippen molar-refractivity contribution >= 4 is 0 Å². The van der Waals surface area contributed by atoms with Gasteiger partial charge in [0.25, 0.3) is 0 Å². The van der Waals surface area contributed by atoms with E-state index in [1.54, 1.807) is 0 Å². The summed E-state index contributed by atoms with van der Waals surface area (Å²) < 4.78 is 94.2. The van der Waals surface area contributed by atoms with E-state index in [-0.39, 0.29) is 31.1 Å². The first-order valence-corrected chi connectivity index (χ1v) is 10.2. The number of halogens is 6. The molecule has 0 saturated carbocycles. The Hall–Kier alpha value is -1.28. The fourth-order valence-electron chi connectivity index (χ4n) is 3.62. The van der Waals surface area contributed by atoms with Crippen LogP contribution in [0.1, 0.15) is 75.5 Å². The van der Waals surface area contributed by atoms with Crippen LogP contribution < -0.4 is 0 Å². The standard InChI is InChI=1S/C21H28F6O2/c1-3-5-6-8-14-9-12-17(19(22)18(14)20(23,24)25)21(26,27)29-16-11-10-15(7-4-2)28-13-16/h9,12,15-16H,3-8,10-11,13H2,1-2H3. The molecule has 0 N–H and O–H groups in total. The molecular formula is C21H28F6O2. The predicted octanol–water partition coefficient (Wildman–Crippen LogP) is 6.99. The maximum atomic E-state index is 14.6. The largest absolute Gasteiger partial charge is 0.419 e. The van der Waals surface area contributed by atoms with Crippen LogP contribution in [-0.2, 0) is 28.2 Å². The van der Waals surface area contributed by atoms with Crippen molar-refractivity contribution in [2.24, 2.45) is 0 Å². The lowest BCUT2D eigenvalue weighted by Gasteiger charge is -2.32. The molecule has 0 aromatic heterocycles. The smallest absolute Gasteiger partial charge is 0.376 e. The van der Waals surface area contributed by atoms with E-state index in [1.165, 1.54) is 0 Å². The lowest BCUT2D eigenvalue weighted by Crippen LogP contribution is -2.36. The highest BCUT2D eigenvalue weighted by Gasteiger charge is 2.45. The van der Waals surface area contributed by atoms with Gasteiger partial charge in [0.05, 0.1) is 29.9 Å². The summed E-state index contributed by atoms with van der Waals surface area (Å²) in [6, 6.07) is 1.64. The molecule has 1 aromatic carbocycles. The molecule has 1 aliphatic heterocycles. The molecule has 1 saturated heterocycles. The van der Waals surface area contributed by atoms with Gasteiger partial charge in [-0.1, -0.05) is 39.2 Å². The van der Waals surface area contributed by atoms with E-state index in [0.717, 1.165) is 25.3 Å². The Kier molecular flexibility index (Phi) is 8.40. The highest BCUT2D eigenvalue weighted by Crippen LogP contribution is 2.41. The summed E-state index contributed by atoms with van der Waals surface area (Å²) in [6.45, 7) is 3.77. The Balaban J connectivity index is 2.21. The fourth-order valence-corrected chi connectivity index (χ4v) is 3.62. The molecule has 2 unspecified atom stereocenters. The third kappa shape index (κ3) is 6.35. The van der Waals surface area contributed by atoms with Crippen molar-refractivity contribution in [1.29, 1.82) is 0 Å². The maximum absolute atomic E-state index is 14.6. The molecule has 29 heavy (non-hydrogen) atoms. The van der Waals surface area contributed by atoms with Crippen molar-refractivity contribution in [2.75, 3.05) is 6.61 Å². The zero-order valence-electron chi connectivity index (χ0n) is 16.8. The van der Waals surface area contributed by atoms with Gasteiger partial charge in [0.2, 0.25) is 0 Å². The lowest BCUT2D eigenvalue weighted by molar-refractivity contribution is -0.290. The van der Waals surface area contributed by atoms with Crippen molar-refractivity contribution in [2.45, 2.75) is 89.7 Å². The fraction of sp³-hybridized carbons (Fsp3) is 0.714. The summed E-state index contributed by atoms with van der Waals surface area (Å²) >= 11 is 0. The van der Waals surface area contributed by atoms with Gasteiger partial charge >= 0.3 is 12.3 Å². The topological polar surface area (TPSA) is 18.5 Å². The van der Waals surface area contributed by atoms with Crippen LogP contribution in [0.2, 0.25) is 0 Å². The molecule has 1 fully saturated rings. The average molecular weight is 426 g/mol. The Morgan fingerprint density at radius 2 is 1.76 bits per heavy atom. The minimum Gasteiger partial charge on any atom is -0.376 e. The third-order valence-electron chi connectivity index (χ3n) is 5.13. The summed E-state index contributed by atoms with van der Waals surface area (Å²) in [5.74, 6) is -1.96. The quantitative estimate of drug-likeness (QED) is 0.313. The number of aryl methyl sites for hydroxylation is 1. The van der Waals surface area contributed by atoms with Gasteiger partial charge in [-0.15, -0.1) is 0 Å². The number of alkyl halides is 5. The number of hydrogen-bond acceptors (Lipinski definition) is 2. The number of ether oxygens (including phenoxy) is 2. The molecule has 0 bridgehead atoms. The SMILES string of the molecule is CCCCCc1ccc(C(F)(F)OC2CCC(CCC)OC2)c(F)c1C(F)(F)F. The van der Waals surface area contributed by atoms with Crippen molar-refractivity contribution in [3.05, 3.63) is 34.6 Å². The van der Waals surface area contributed by atoms with Crippen LogP contribution >= 0.6 is 0 Å². The zero-order valence-corrected chi connectivity index (χ0v) is 16.8. The van der Waals surface area contributed by atoms with Crippen molar-refractivity contribution in [1.82, 2.24) is 0 Å². The van der Waals surface area contributed by atoms with Gasteiger partial charge in [0.15, 0.2) is 0 Å². The highest BCUT2D eigenvalue weighted by molar-refractivity contribution is 5.37. The second-order valence-corrected chi connectivity index (χ2v) is 7.49. The predicted molar refractivity (Wildman–Crippen MR) is 97.3 cm³/mol. The molecule has 2 atom stereocenters. The van der Waals surface area contributed by atoms with Gasteiger partial charge in [-0.25, -0.2) is 4.39 Å². The molecule has 0 amide bonds. The van der Waals surface area contributed by atoms with Crippen LogP contribution in [0, 0.1) is 5.82 Å². The van der Waals surface area contributed by atoms with E-state index in [2.05, 4.69) is 0 Å². The van der Waals surface area contributed by atoms with Crippen molar-refractivity contribution < 1.29 is 35.8 Å². The molecule has 1 aliphatic rings. The number of benzene rings is 1. The first-order valence-electron chi connectivity index (χ1n) is 10.2. The molecule has 2 rings (SSSR count). The summed E-state index contributed by atoms with van der Waals surface area (Å²) in [4.78, 5) is 0. The molecule has 0 spiro atoms. The molecular weight excluding hydrogens is 398 g/mol. The number of hydrogen-bond donors (Lipinski definition) is 0. The summed E-state index contributed by atoms with van der Waals surface area (Å²) in [6.07, 6.45) is -5.97. The Morgan fingerprint density at radius 3 is 2.31 bits per heavy atom. The molecule has 8 heteroatoms. The van der Waals surface area contributed by atoms with Gasteiger partial charge in [0.1, 0.15) is 5.82 Å². The van der Waals surface area contributed by atoms with Crippen LogP contribution in [-0.4, -0.2) is 18.8 Å². The van der Waals surface area contributed by atoms with Gasteiger partial charge in [-0.2, -0.15) is 22.0 Å². The molecule has 0 radical (unpaired) electrons. The monoisotopic (exact) mass is 426 g/mol. The van der Waals surface area contributed by atoms with Crippen molar-refractivity contribution in [3.8, 4) is 0 Å². The summed E-state index contributed by atoms with van der Waals surface area (Å²) in [5, 5.41) is 0. The van der Waals surface area contributed by atoms with E-state index >= 15 is 0 Å². The molecule has 0 aliphatic carbocycles. The molecule has 1 aromatic rings. The van der Waals surface area contributed by atoms with Crippen LogP contribution in [0.15, 0.2) is 12.1 Å². The van der Waals surface area contributed by atoms with Gasteiger partial charge < -0.3 is 9.47 Å². The Bertz CT molecular complexity index is 651. The Morgan fingerprint density at radius 1 is 1.03 bits per heavy atom.